The SMILES string of the molecule is [C-]#[N+]c1ccc(-c2ccc(CN(CCC(C)C)C(=O)OC(C)(C)C)cc2C)c(C)c1. The number of carbonyl (C=O) groups is 1. The molecule has 2 aromatic rings. The van der Waals surface area contributed by atoms with Gasteiger partial charge in [0.1, 0.15) is 5.60 Å². The smallest absolute Gasteiger partial charge is 0.410 e. The van der Waals surface area contributed by atoms with E-state index in [4.69, 9.17) is 11.3 Å². The van der Waals surface area contributed by atoms with Crippen LogP contribution < -0.4 is 0 Å². The van der Waals surface area contributed by atoms with Gasteiger partial charge in [0, 0.05) is 13.1 Å². The second-order valence-corrected chi connectivity index (χ2v) is 9.34. The summed E-state index contributed by atoms with van der Waals surface area (Å²) in [6.45, 7) is 22.5. The van der Waals surface area contributed by atoms with Crippen LogP contribution in [0.4, 0.5) is 10.5 Å². The minimum absolute atomic E-state index is 0.268. The second kappa shape index (κ2) is 9.80. The van der Waals surface area contributed by atoms with Crippen molar-refractivity contribution in [3.8, 4) is 11.1 Å². The number of hydrogen-bond donors (Lipinski definition) is 0. The van der Waals surface area contributed by atoms with Crippen LogP contribution in [0.5, 0.6) is 0 Å². The molecular formula is C26H34N2O2. The van der Waals surface area contributed by atoms with Gasteiger partial charge in [0.15, 0.2) is 5.69 Å². The van der Waals surface area contributed by atoms with Crippen LogP contribution in [0.15, 0.2) is 36.4 Å². The predicted molar refractivity (Wildman–Crippen MR) is 124 cm³/mol. The van der Waals surface area contributed by atoms with Crippen molar-refractivity contribution in [1.82, 2.24) is 4.90 Å². The van der Waals surface area contributed by atoms with Crippen molar-refractivity contribution in [2.75, 3.05) is 6.54 Å². The molecule has 0 N–H and O–H groups in total. The molecule has 0 atom stereocenters. The Morgan fingerprint density at radius 1 is 1.07 bits per heavy atom. The Labute approximate surface area is 181 Å². The third-order valence-corrected chi connectivity index (χ3v) is 4.92. The first-order valence-electron chi connectivity index (χ1n) is 10.6. The van der Waals surface area contributed by atoms with Gasteiger partial charge in [-0.15, -0.1) is 0 Å². The van der Waals surface area contributed by atoms with Crippen molar-refractivity contribution < 1.29 is 9.53 Å². The van der Waals surface area contributed by atoms with Gasteiger partial charge < -0.3 is 9.64 Å². The molecule has 0 radical (unpaired) electrons. The van der Waals surface area contributed by atoms with Gasteiger partial charge in [0.25, 0.3) is 0 Å². The molecular weight excluding hydrogens is 372 g/mol. The molecule has 0 heterocycles. The number of nitrogens with zero attached hydrogens (tertiary/aromatic N) is 2. The van der Waals surface area contributed by atoms with Crippen molar-refractivity contribution in [2.24, 2.45) is 5.92 Å². The van der Waals surface area contributed by atoms with Gasteiger partial charge in [-0.3, -0.25) is 0 Å². The van der Waals surface area contributed by atoms with E-state index in [1.54, 1.807) is 4.90 Å². The molecule has 0 spiro atoms. The van der Waals surface area contributed by atoms with Crippen molar-refractivity contribution in [3.63, 3.8) is 0 Å². The lowest BCUT2D eigenvalue weighted by atomic mass is 9.94. The van der Waals surface area contributed by atoms with Gasteiger partial charge in [0.2, 0.25) is 0 Å². The Morgan fingerprint density at radius 3 is 2.17 bits per heavy atom. The number of ether oxygens (including phenoxy) is 1. The average molecular weight is 407 g/mol. The van der Waals surface area contributed by atoms with Crippen LogP contribution in [-0.2, 0) is 11.3 Å². The lowest BCUT2D eigenvalue weighted by molar-refractivity contribution is 0.0225. The number of hydrogen-bond acceptors (Lipinski definition) is 2. The molecule has 2 rings (SSSR count). The number of amides is 1. The zero-order chi connectivity index (χ0) is 22.5. The van der Waals surface area contributed by atoms with Crippen LogP contribution in [0.1, 0.15) is 57.7 Å². The first-order chi connectivity index (χ1) is 14.0. The van der Waals surface area contributed by atoms with Gasteiger partial charge in [-0.1, -0.05) is 55.8 Å². The minimum atomic E-state index is -0.512. The Bertz CT molecular complexity index is 933. The first kappa shape index (κ1) is 23.5. The third-order valence-electron chi connectivity index (χ3n) is 4.92. The minimum Gasteiger partial charge on any atom is -0.444 e. The average Bonchev–Trinajstić information content (AvgIpc) is 2.64. The van der Waals surface area contributed by atoms with Crippen molar-refractivity contribution in [3.05, 3.63) is 64.5 Å². The summed E-state index contributed by atoms with van der Waals surface area (Å²) < 4.78 is 5.63. The summed E-state index contributed by atoms with van der Waals surface area (Å²) in [7, 11) is 0. The fourth-order valence-electron chi connectivity index (χ4n) is 3.34. The molecule has 0 saturated carbocycles. The number of benzene rings is 2. The highest BCUT2D eigenvalue weighted by atomic mass is 16.6. The molecule has 0 fully saturated rings. The monoisotopic (exact) mass is 406 g/mol. The summed E-state index contributed by atoms with van der Waals surface area (Å²) in [5, 5.41) is 0. The molecule has 2 aromatic carbocycles. The standard InChI is InChI=1S/C26H34N2O2/c1-18(2)13-14-28(25(29)30-26(5,6)7)17-21-9-11-23(19(3)15-21)24-12-10-22(27-8)16-20(24)4/h9-12,15-16,18H,13-14,17H2,1-7H3. The molecule has 0 aliphatic heterocycles. The maximum absolute atomic E-state index is 12.7. The van der Waals surface area contributed by atoms with E-state index in [1.807, 2.05) is 45.9 Å². The molecule has 0 aliphatic carbocycles. The Morgan fingerprint density at radius 2 is 1.67 bits per heavy atom. The fraction of sp³-hybridized carbons (Fsp3) is 0.462. The van der Waals surface area contributed by atoms with E-state index in [1.165, 1.54) is 0 Å². The first-order valence-corrected chi connectivity index (χ1v) is 10.6. The molecule has 160 valence electrons. The number of aryl methyl sites for hydroxylation is 2. The van der Waals surface area contributed by atoms with E-state index in [-0.39, 0.29) is 6.09 Å². The Kier molecular flexibility index (Phi) is 7.67. The normalized spacial score (nSPS) is 11.3. The van der Waals surface area contributed by atoms with Crippen LogP contribution in [0.3, 0.4) is 0 Å². The summed E-state index contributed by atoms with van der Waals surface area (Å²) in [6, 6.07) is 12.1. The Hall–Kier alpha value is -2.80. The van der Waals surface area contributed by atoms with Crippen molar-refractivity contribution >= 4 is 11.8 Å². The van der Waals surface area contributed by atoms with E-state index >= 15 is 0 Å². The molecule has 0 unspecified atom stereocenters. The molecule has 0 aliphatic rings. The zero-order valence-electron chi connectivity index (χ0n) is 19.4. The molecule has 4 nitrogen and oxygen atoms in total. The Balaban J connectivity index is 2.26. The molecule has 0 bridgehead atoms. The molecule has 0 aromatic heterocycles. The summed E-state index contributed by atoms with van der Waals surface area (Å²) in [5.41, 5.74) is 5.76. The molecule has 0 saturated heterocycles. The number of carbonyl (C=O) groups excluding carboxylic acids is 1. The van der Waals surface area contributed by atoms with Gasteiger partial charge >= 0.3 is 6.09 Å². The van der Waals surface area contributed by atoms with Crippen LogP contribution in [-0.4, -0.2) is 23.1 Å². The zero-order valence-corrected chi connectivity index (χ0v) is 19.4. The molecule has 30 heavy (non-hydrogen) atoms. The van der Waals surface area contributed by atoms with E-state index in [9.17, 15) is 4.79 Å². The van der Waals surface area contributed by atoms with Gasteiger partial charge in [-0.2, -0.15) is 0 Å². The van der Waals surface area contributed by atoms with E-state index in [0.717, 1.165) is 34.2 Å². The van der Waals surface area contributed by atoms with Crippen molar-refractivity contribution in [2.45, 2.75) is 67.0 Å². The van der Waals surface area contributed by atoms with Crippen molar-refractivity contribution in [1.29, 1.82) is 0 Å². The molecule has 4 heteroatoms. The molecule has 1 amide bonds. The van der Waals surface area contributed by atoms with E-state index in [2.05, 4.69) is 43.8 Å². The summed E-state index contributed by atoms with van der Waals surface area (Å²) in [4.78, 5) is 18.0. The van der Waals surface area contributed by atoms with E-state index in [0.29, 0.717) is 24.7 Å². The lowest BCUT2D eigenvalue weighted by Gasteiger charge is -2.28. The fourth-order valence-corrected chi connectivity index (χ4v) is 3.34. The largest absolute Gasteiger partial charge is 0.444 e. The summed E-state index contributed by atoms with van der Waals surface area (Å²) in [6.07, 6.45) is 0.665. The highest BCUT2D eigenvalue weighted by molar-refractivity contribution is 5.73. The summed E-state index contributed by atoms with van der Waals surface area (Å²) >= 11 is 0. The van der Waals surface area contributed by atoms with Crippen LogP contribution >= 0.6 is 0 Å². The van der Waals surface area contributed by atoms with Gasteiger partial charge in [-0.05, 0) is 69.2 Å². The van der Waals surface area contributed by atoms with E-state index < -0.39 is 5.60 Å². The second-order valence-electron chi connectivity index (χ2n) is 9.34. The lowest BCUT2D eigenvalue weighted by Crippen LogP contribution is -2.37. The van der Waals surface area contributed by atoms with Gasteiger partial charge in [-0.25, -0.2) is 9.64 Å². The van der Waals surface area contributed by atoms with Crippen LogP contribution in [0.25, 0.3) is 16.0 Å². The van der Waals surface area contributed by atoms with Crippen LogP contribution in [0, 0.1) is 26.3 Å². The number of rotatable bonds is 6. The summed E-state index contributed by atoms with van der Waals surface area (Å²) in [5.74, 6) is 0.514. The van der Waals surface area contributed by atoms with Crippen LogP contribution in [0.2, 0.25) is 0 Å². The third kappa shape index (κ3) is 6.62. The van der Waals surface area contributed by atoms with Gasteiger partial charge in [0.05, 0.1) is 6.57 Å². The maximum atomic E-state index is 12.7. The highest BCUT2D eigenvalue weighted by Crippen LogP contribution is 2.30. The quantitative estimate of drug-likeness (QED) is 0.471. The highest BCUT2D eigenvalue weighted by Gasteiger charge is 2.22. The maximum Gasteiger partial charge on any atom is 0.410 e. The predicted octanol–water partition coefficient (Wildman–Crippen LogP) is 7.30. The topological polar surface area (TPSA) is 33.9 Å².